The molecule has 2 rings (SSSR count). The summed E-state index contributed by atoms with van der Waals surface area (Å²) in [5, 5.41) is 2.84. The molecule has 0 saturated heterocycles. The number of esters is 1. The summed E-state index contributed by atoms with van der Waals surface area (Å²) in [7, 11) is 0. The minimum absolute atomic E-state index is 0.166. The van der Waals surface area contributed by atoms with Crippen molar-refractivity contribution in [3.05, 3.63) is 53.3 Å². The largest absolute Gasteiger partial charge is 0.423 e. The third-order valence-electron chi connectivity index (χ3n) is 2.35. The van der Waals surface area contributed by atoms with E-state index in [-0.39, 0.29) is 11.1 Å². The average molecular weight is 291 g/mol. The summed E-state index contributed by atoms with van der Waals surface area (Å²) in [6.45, 7) is 1.42. The first-order chi connectivity index (χ1) is 9.54. The van der Waals surface area contributed by atoms with Crippen LogP contribution in [0.5, 0.6) is 5.75 Å². The molecular weight excluding hydrogens is 280 g/mol. The lowest BCUT2D eigenvalue weighted by Crippen LogP contribution is -2.09. The van der Waals surface area contributed by atoms with Crippen molar-refractivity contribution in [2.75, 3.05) is 5.32 Å². The van der Waals surface area contributed by atoms with E-state index in [1.807, 2.05) is 0 Å². The van der Waals surface area contributed by atoms with Crippen LogP contribution in [0.4, 0.5) is 5.69 Å². The van der Waals surface area contributed by atoms with Crippen molar-refractivity contribution in [3.8, 4) is 5.75 Å². The van der Waals surface area contributed by atoms with Gasteiger partial charge in [-0.1, -0.05) is 11.6 Å². The van der Waals surface area contributed by atoms with Crippen LogP contribution in [0.3, 0.4) is 0 Å². The normalized spacial score (nSPS) is 9.90. The van der Waals surface area contributed by atoms with E-state index in [1.165, 1.54) is 25.3 Å². The molecule has 0 aliphatic heterocycles. The van der Waals surface area contributed by atoms with E-state index in [0.29, 0.717) is 17.0 Å². The van der Waals surface area contributed by atoms with Crippen LogP contribution in [-0.4, -0.2) is 16.9 Å². The number of hydrogen-bond donors (Lipinski definition) is 1. The summed E-state index contributed by atoms with van der Waals surface area (Å²) >= 11 is 5.70. The van der Waals surface area contributed by atoms with E-state index in [1.54, 1.807) is 24.3 Å². The molecule has 0 fully saturated rings. The molecule has 1 amide bonds. The van der Waals surface area contributed by atoms with Gasteiger partial charge in [-0.2, -0.15) is 0 Å². The Balaban J connectivity index is 2.06. The highest BCUT2D eigenvalue weighted by atomic mass is 35.5. The van der Waals surface area contributed by atoms with Gasteiger partial charge in [0.25, 0.3) is 0 Å². The van der Waals surface area contributed by atoms with Crippen LogP contribution in [0.25, 0.3) is 0 Å². The molecule has 20 heavy (non-hydrogen) atoms. The molecule has 0 bridgehead atoms. The molecular formula is C14H11ClN2O3. The van der Waals surface area contributed by atoms with Crippen molar-refractivity contribution < 1.29 is 14.3 Å². The lowest BCUT2D eigenvalue weighted by Gasteiger charge is -2.06. The van der Waals surface area contributed by atoms with Gasteiger partial charge in [0.05, 0.1) is 5.56 Å². The zero-order chi connectivity index (χ0) is 14.5. The first kappa shape index (κ1) is 14.0. The van der Waals surface area contributed by atoms with E-state index in [2.05, 4.69) is 10.3 Å². The fourth-order valence-corrected chi connectivity index (χ4v) is 1.68. The number of carbonyl (C=O) groups excluding carboxylic acids is 2. The van der Waals surface area contributed by atoms with Gasteiger partial charge in [-0.3, -0.25) is 4.79 Å². The summed E-state index contributed by atoms with van der Waals surface area (Å²) in [5.74, 6) is -0.320. The molecule has 0 unspecified atom stereocenters. The van der Waals surface area contributed by atoms with Crippen LogP contribution < -0.4 is 10.1 Å². The van der Waals surface area contributed by atoms with Crippen LogP contribution in [-0.2, 0) is 4.79 Å². The number of anilines is 1. The Kier molecular flexibility index (Phi) is 4.32. The predicted octanol–water partition coefficient (Wildman–Crippen LogP) is 2.91. The third kappa shape index (κ3) is 3.80. The van der Waals surface area contributed by atoms with Crippen LogP contribution in [0.2, 0.25) is 5.15 Å². The molecule has 6 heteroatoms. The van der Waals surface area contributed by atoms with Crippen molar-refractivity contribution in [2.45, 2.75) is 6.92 Å². The van der Waals surface area contributed by atoms with Gasteiger partial charge in [-0.15, -0.1) is 0 Å². The topological polar surface area (TPSA) is 68.3 Å². The van der Waals surface area contributed by atoms with E-state index in [0.717, 1.165) is 0 Å². The van der Waals surface area contributed by atoms with E-state index in [4.69, 9.17) is 16.3 Å². The average Bonchev–Trinajstić information content (AvgIpc) is 2.40. The van der Waals surface area contributed by atoms with E-state index >= 15 is 0 Å². The van der Waals surface area contributed by atoms with Crippen molar-refractivity contribution >= 4 is 29.2 Å². The van der Waals surface area contributed by atoms with Gasteiger partial charge >= 0.3 is 5.97 Å². The van der Waals surface area contributed by atoms with Crippen LogP contribution >= 0.6 is 11.6 Å². The number of halogens is 1. The zero-order valence-electron chi connectivity index (χ0n) is 10.6. The van der Waals surface area contributed by atoms with Gasteiger partial charge in [-0.25, -0.2) is 9.78 Å². The summed E-state index contributed by atoms with van der Waals surface area (Å²) in [4.78, 5) is 26.5. The Morgan fingerprint density at radius 2 is 1.90 bits per heavy atom. The monoisotopic (exact) mass is 290 g/mol. The quantitative estimate of drug-likeness (QED) is 0.536. The van der Waals surface area contributed by atoms with Crippen LogP contribution in [0.15, 0.2) is 42.6 Å². The maximum Gasteiger partial charge on any atom is 0.343 e. The zero-order valence-corrected chi connectivity index (χ0v) is 11.3. The van der Waals surface area contributed by atoms with E-state index in [9.17, 15) is 9.59 Å². The molecule has 1 aromatic heterocycles. The third-order valence-corrected chi connectivity index (χ3v) is 2.55. The second-order valence-electron chi connectivity index (χ2n) is 3.96. The number of carbonyl (C=O) groups is 2. The minimum atomic E-state index is -0.526. The van der Waals surface area contributed by atoms with Crippen molar-refractivity contribution in [1.82, 2.24) is 4.98 Å². The van der Waals surface area contributed by atoms with Gasteiger partial charge in [0.1, 0.15) is 10.9 Å². The minimum Gasteiger partial charge on any atom is -0.423 e. The maximum atomic E-state index is 11.9. The molecule has 0 saturated carbocycles. The van der Waals surface area contributed by atoms with Crippen molar-refractivity contribution in [1.29, 1.82) is 0 Å². The molecule has 0 radical (unpaired) electrons. The standard InChI is InChI=1S/C14H11ClN2O3/c1-9(18)17-11-2-4-12(5-3-11)20-14(19)10-6-7-16-13(15)8-10/h2-8H,1H3,(H,17,18). The molecule has 0 spiro atoms. The Bertz CT molecular complexity index is 641. The van der Waals surface area contributed by atoms with E-state index < -0.39 is 5.97 Å². The molecule has 5 nitrogen and oxygen atoms in total. The summed E-state index contributed by atoms with van der Waals surface area (Å²) in [6, 6.07) is 9.40. The molecule has 0 aliphatic carbocycles. The molecule has 1 aromatic carbocycles. The fourth-order valence-electron chi connectivity index (χ4n) is 1.50. The Morgan fingerprint density at radius 3 is 2.50 bits per heavy atom. The molecule has 0 atom stereocenters. The van der Waals surface area contributed by atoms with Crippen molar-refractivity contribution in [2.24, 2.45) is 0 Å². The Morgan fingerprint density at radius 1 is 1.20 bits per heavy atom. The maximum absolute atomic E-state index is 11.9. The number of nitrogens with one attached hydrogen (secondary N) is 1. The number of ether oxygens (including phenoxy) is 1. The van der Waals surface area contributed by atoms with Gasteiger partial charge in [0.15, 0.2) is 0 Å². The highest BCUT2D eigenvalue weighted by molar-refractivity contribution is 6.29. The number of hydrogen-bond acceptors (Lipinski definition) is 4. The number of rotatable bonds is 3. The highest BCUT2D eigenvalue weighted by Gasteiger charge is 2.09. The molecule has 1 heterocycles. The summed E-state index contributed by atoms with van der Waals surface area (Å²) in [5.41, 5.74) is 0.945. The molecule has 102 valence electrons. The first-order valence-corrected chi connectivity index (χ1v) is 6.14. The van der Waals surface area contributed by atoms with Gasteiger partial charge in [0, 0.05) is 18.8 Å². The molecule has 0 aliphatic rings. The molecule has 2 aromatic rings. The number of benzene rings is 1. The summed E-state index contributed by atoms with van der Waals surface area (Å²) in [6.07, 6.45) is 1.43. The van der Waals surface area contributed by atoms with Gasteiger partial charge in [0.2, 0.25) is 5.91 Å². The second-order valence-corrected chi connectivity index (χ2v) is 4.35. The second kappa shape index (κ2) is 6.16. The van der Waals surface area contributed by atoms with Crippen LogP contribution in [0.1, 0.15) is 17.3 Å². The summed E-state index contributed by atoms with van der Waals surface area (Å²) < 4.78 is 5.18. The number of nitrogens with zero attached hydrogens (tertiary/aromatic N) is 1. The number of aromatic nitrogens is 1. The lowest BCUT2D eigenvalue weighted by atomic mass is 10.2. The van der Waals surface area contributed by atoms with Gasteiger partial charge < -0.3 is 10.1 Å². The number of pyridine rings is 1. The molecule has 1 N–H and O–H groups in total. The van der Waals surface area contributed by atoms with Crippen molar-refractivity contribution in [3.63, 3.8) is 0 Å². The van der Waals surface area contributed by atoms with Crippen LogP contribution in [0, 0.1) is 0 Å². The first-order valence-electron chi connectivity index (χ1n) is 5.76. The predicted molar refractivity (Wildman–Crippen MR) is 75.0 cm³/mol. The SMILES string of the molecule is CC(=O)Nc1ccc(OC(=O)c2ccnc(Cl)c2)cc1. The fraction of sp³-hybridized carbons (Fsp3) is 0.0714. The highest BCUT2D eigenvalue weighted by Crippen LogP contribution is 2.17. The number of amides is 1. The smallest absolute Gasteiger partial charge is 0.343 e. The Labute approximate surface area is 120 Å². The lowest BCUT2D eigenvalue weighted by molar-refractivity contribution is -0.114. The van der Waals surface area contributed by atoms with Gasteiger partial charge in [-0.05, 0) is 36.4 Å². The Hall–Kier alpha value is -2.40.